The van der Waals surface area contributed by atoms with Gasteiger partial charge in [0.2, 0.25) is 5.91 Å². The summed E-state index contributed by atoms with van der Waals surface area (Å²) in [4.78, 5) is 12.2. The predicted molar refractivity (Wildman–Crippen MR) is 66.1 cm³/mol. The molecule has 0 aromatic heterocycles. The van der Waals surface area contributed by atoms with Crippen LogP contribution in [-0.4, -0.2) is 11.9 Å². The molecule has 2 rings (SSSR count). The van der Waals surface area contributed by atoms with Crippen LogP contribution in [0.25, 0.3) is 0 Å². The molecule has 2 aliphatic carbocycles. The van der Waals surface area contributed by atoms with Gasteiger partial charge in [-0.1, -0.05) is 25.7 Å². The zero-order chi connectivity index (χ0) is 12.3. The van der Waals surface area contributed by atoms with Gasteiger partial charge in [-0.15, -0.1) is 0 Å². The van der Waals surface area contributed by atoms with Gasteiger partial charge in [-0.3, -0.25) is 4.79 Å². The lowest BCUT2D eigenvalue weighted by Crippen LogP contribution is -2.45. The molecule has 1 N–H and O–H groups in total. The third kappa shape index (κ3) is 2.46. The average Bonchev–Trinajstić information content (AvgIpc) is 3.01. The summed E-state index contributed by atoms with van der Waals surface area (Å²) in [5.74, 6) is 0.605. The van der Waals surface area contributed by atoms with Crippen molar-refractivity contribution in [2.75, 3.05) is 0 Å². The molecular weight excluding hydrogens is 212 g/mol. The smallest absolute Gasteiger partial charge is 0.240 e. The van der Waals surface area contributed by atoms with E-state index in [-0.39, 0.29) is 11.9 Å². The molecule has 0 radical (unpaired) electrons. The first-order valence-corrected chi connectivity index (χ1v) is 6.90. The van der Waals surface area contributed by atoms with E-state index in [1.54, 1.807) is 0 Å². The summed E-state index contributed by atoms with van der Waals surface area (Å²) in [5, 5.41) is 12.3. The van der Waals surface area contributed by atoms with Crippen molar-refractivity contribution in [2.24, 2.45) is 11.3 Å². The minimum Gasteiger partial charge on any atom is -0.352 e. The number of nitrogens with one attached hydrogen (secondary N) is 1. The van der Waals surface area contributed by atoms with Crippen molar-refractivity contribution in [2.45, 2.75) is 64.3 Å². The van der Waals surface area contributed by atoms with Crippen molar-refractivity contribution in [3.63, 3.8) is 0 Å². The van der Waals surface area contributed by atoms with E-state index in [9.17, 15) is 10.1 Å². The van der Waals surface area contributed by atoms with Crippen LogP contribution >= 0.6 is 0 Å². The molecule has 3 heteroatoms. The van der Waals surface area contributed by atoms with Crippen molar-refractivity contribution in [3.8, 4) is 6.07 Å². The molecule has 0 aromatic rings. The number of amides is 1. The Kier molecular flexibility index (Phi) is 3.71. The molecule has 0 spiro atoms. The Hall–Kier alpha value is -1.04. The van der Waals surface area contributed by atoms with Crippen LogP contribution in [0.2, 0.25) is 0 Å². The number of carbonyl (C=O) groups excluding carboxylic acids is 1. The molecule has 0 saturated heterocycles. The first kappa shape index (κ1) is 12.4. The van der Waals surface area contributed by atoms with Gasteiger partial charge < -0.3 is 5.32 Å². The lowest BCUT2D eigenvalue weighted by atomic mass is 9.86. The fourth-order valence-electron chi connectivity index (χ4n) is 3.29. The highest BCUT2D eigenvalue weighted by Crippen LogP contribution is 2.38. The predicted octanol–water partition coefficient (Wildman–Crippen LogP) is 2.77. The minimum absolute atomic E-state index is 0.0168. The zero-order valence-electron chi connectivity index (χ0n) is 10.7. The van der Waals surface area contributed by atoms with Crippen LogP contribution in [0.1, 0.15) is 58.3 Å². The fraction of sp³-hybridized carbons (Fsp3) is 0.857. The Bertz CT molecular complexity index is 320. The fourth-order valence-corrected chi connectivity index (χ4v) is 3.29. The molecule has 0 aromatic carbocycles. The van der Waals surface area contributed by atoms with E-state index < -0.39 is 5.41 Å². The Morgan fingerprint density at radius 2 is 1.88 bits per heavy atom. The van der Waals surface area contributed by atoms with Crippen LogP contribution in [0, 0.1) is 22.7 Å². The van der Waals surface area contributed by atoms with E-state index in [2.05, 4.69) is 18.3 Å². The van der Waals surface area contributed by atoms with Crippen LogP contribution in [0.4, 0.5) is 0 Å². The quantitative estimate of drug-likeness (QED) is 0.816. The van der Waals surface area contributed by atoms with E-state index in [4.69, 9.17) is 0 Å². The van der Waals surface area contributed by atoms with Crippen LogP contribution < -0.4 is 5.32 Å². The maximum atomic E-state index is 12.2. The summed E-state index contributed by atoms with van der Waals surface area (Å²) in [6, 6.07) is 2.49. The lowest BCUT2D eigenvalue weighted by Gasteiger charge is -2.26. The second-order valence-corrected chi connectivity index (χ2v) is 5.71. The highest BCUT2D eigenvalue weighted by atomic mass is 16.2. The summed E-state index contributed by atoms with van der Waals surface area (Å²) in [5.41, 5.74) is -0.715. The maximum Gasteiger partial charge on any atom is 0.240 e. The molecule has 1 unspecified atom stereocenters. The van der Waals surface area contributed by atoms with Gasteiger partial charge in [0.1, 0.15) is 5.41 Å². The van der Waals surface area contributed by atoms with Gasteiger partial charge in [0.05, 0.1) is 6.07 Å². The third-order valence-corrected chi connectivity index (χ3v) is 4.57. The van der Waals surface area contributed by atoms with Gasteiger partial charge in [-0.2, -0.15) is 5.26 Å². The lowest BCUT2D eigenvalue weighted by molar-refractivity contribution is -0.128. The van der Waals surface area contributed by atoms with Gasteiger partial charge in [0.15, 0.2) is 0 Å². The second kappa shape index (κ2) is 5.08. The van der Waals surface area contributed by atoms with Gasteiger partial charge in [-0.05, 0) is 38.5 Å². The molecular formula is C14H22N2O. The van der Waals surface area contributed by atoms with E-state index in [1.807, 2.05) is 0 Å². The van der Waals surface area contributed by atoms with E-state index in [0.29, 0.717) is 5.92 Å². The summed E-state index contributed by atoms with van der Waals surface area (Å²) in [6.07, 6.45) is 8.53. The molecule has 0 bridgehead atoms. The molecule has 17 heavy (non-hydrogen) atoms. The van der Waals surface area contributed by atoms with Crippen molar-refractivity contribution in [1.82, 2.24) is 5.32 Å². The minimum atomic E-state index is -0.715. The van der Waals surface area contributed by atoms with Crippen LogP contribution in [-0.2, 0) is 4.79 Å². The number of nitriles is 1. The van der Waals surface area contributed by atoms with E-state index in [1.165, 1.54) is 25.7 Å². The summed E-state index contributed by atoms with van der Waals surface area (Å²) < 4.78 is 0. The summed E-state index contributed by atoms with van der Waals surface area (Å²) in [6.45, 7) is 2.09. The van der Waals surface area contributed by atoms with Crippen molar-refractivity contribution in [1.29, 1.82) is 5.26 Å². The van der Waals surface area contributed by atoms with E-state index >= 15 is 0 Å². The molecule has 1 atom stereocenters. The first-order chi connectivity index (χ1) is 8.18. The molecule has 0 aliphatic heterocycles. The third-order valence-electron chi connectivity index (χ3n) is 4.57. The summed E-state index contributed by atoms with van der Waals surface area (Å²) in [7, 11) is 0. The standard InChI is InChI=1S/C14H22N2O/c1-11(12-6-2-3-7-12)16-13(17)14(10-15)8-4-5-9-14/h11-12H,2-9H2,1H3,(H,16,17). The highest BCUT2D eigenvalue weighted by molar-refractivity contribution is 5.85. The van der Waals surface area contributed by atoms with Crippen LogP contribution in [0.3, 0.4) is 0 Å². The molecule has 3 nitrogen and oxygen atoms in total. The summed E-state index contributed by atoms with van der Waals surface area (Å²) >= 11 is 0. The molecule has 0 heterocycles. The Balaban J connectivity index is 1.93. The number of rotatable bonds is 3. The van der Waals surface area contributed by atoms with Gasteiger partial charge in [-0.25, -0.2) is 0 Å². The number of hydrogen-bond acceptors (Lipinski definition) is 2. The maximum absolute atomic E-state index is 12.2. The largest absolute Gasteiger partial charge is 0.352 e. The van der Waals surface area contributed by atoms with Crippen LogP contribution in [0.15, 0.2) is 0 Å². The van der Waals surface area contributed by atoms with Crippen molar-refractivity contribution < 1.29 is 4.79 Å². The first-order valence-electron chi connectivity index (χ1n) is 6.90. The highest BCUT2D eigenvalue weighted by Gasteiger charge is 2.42. The van der Waals surface area contributed by atoms with Gasteiger partial charge >= 0.3 is 0 Å². The van der Waals surface area contributed by atoms with Crippen molar-refractivity contribution >= 4 is 5.91 Å². The van der Waals surface area contributed by atoms with E-state index in [0.717, 1.165) is 25.7 Å². The number of hydrogen-bond donors (Lipinski definition) is 1. The molecule has 2 saturated carbocycles. The normalized spacial score (nSPS) is 25.4. The SMILES string of the molecule is CC(NC(=O)C1(C#N)CCCC1)C1CCCC1. The van der Waals surface area contributed by atoms with Gasteiger partial charge in [0, 0.05) is 6.04 Å². The molecule has 2 aliphatic rings. The van der Waals surface area contributed by atoms with Crippen LogP contribution in [0.5, 0.6) is 0 Å². The Labute approximate surface area is 104 Å². The number of carbonyl (C=O) groups is 1. The topological polar surface area (TPSA) is 52.9 Å². The van der Waals surface area contributed by atoms with Crippen molar-refractivity contribution in [3.05, 3.63) is 0 Å². The Morgan fingerprint density at radius 3 is 2.41 bits per heavy atom. The average molecular weight is 234 g/mol. The number of nitrogens with zero attached hydrogens (tertiary/aromatic N) is 1. The molecule has 2 fully saturated rings. The zero-order valence-corrected chi connectivity index (χ0v) is 10.7. The molecule has 1 amide bonds. The molecule has 94 valence electrons. The second-order valence-electron chi connectivity index (χ2n) is 5.71. The Morgan fingerprint density at radius 1 is 1.29 bits per heavy atom. The van der Waals surface area contributed by atoms with Gasteiger partial charge in [0.25, 0.3) is 0 Å². The monoisotopic (exact) mass is 234 g/mol.